The van der Waals surface area contributed by atoms with Gasteiger partial charge in [0.15, 0.2) is 0 Å². The molecule has 0 amide bonds. The average Bonchev–Trinajstić information content (AvgIpc) is 2.24. The number of nitrogens with one attached hydrogen (secondary N) is 1. The van der Waals surface area contributed by atoms with Gasteiger partial charge < -0.3 is 16.2 Å². The highest BCUT2D eigenvalue weighted by Gasteiger charge is 2.10. The molecule has 0 aromatic carbocycles. The zero-order valence-electron chi connectivity index (χ0n) is 8.57. The Kier molecular flexibility index (Phi) is 4.77. The number of nitrogen functional groups attached to an aromatic ring is 1. The number of halogens is 1. The number of aliphatic hydroxyl groups excluding tert-OH is 1. The lowest BCUT2D eigenvalue weighted by molar-refractivity contribution is 0.278. The van der Waals surface area contributed by atoms with Gasteiger partial charge in [-0.2, -0.15) is 0 Å². The first-order chi connectivity index (χ1) is 7.19. The zero-order valence-corrected chi connectivity index (χ0v) is 10.2. The maximum absolute atomic E-state index is 8.86. The number of hydrogen-bond acceptors (Lipinski definition) is 5. The predicted molar refractivity (Wildman–Crippen MR) is 63.5 cm³/mol. The van der Waals surface area contributed by atoms with E-state index in [2.05, 4.69) is 31.2 Å². The Morgan fingerprint density at radius 1 is 1.60 bits per heavy atom. The van der Waals surface area contributed by atoms with Gasteiger partial charge in [0.1, 0.15) is 22.4 Å². The molecule has 5 nitrogen and oxygen atoms in total. The van der Waals surface area contributed by atoms with Crippen LogP contribution in [0.15, 0.2) is 10.8 Å². The van der Waals surface area contributed by atoms with Crippen molar-refractivity contribution in [1.82, 2.24) is 9.97 Å². The van der Waals surface area contributed by atoms with Crippen molar-refractivity contribution >= 4 is 27.6 Å². The smallest absolute Gasteiger partial charge is 0.146 e. The SMILES string of the molecule is CCC(CCO)Nc1ncnc(N)c1Br. The molecule has 15 heavy (non-hydrogen) atoms. The topological polar surface area (TPSA) is 84.1 Å². The van der Waals surface area contributed by atoms with E-state index in [-0.39, 0.29) is 12.6 Å². The molecular weight excluding hydrogens is 260 g/mol. The molecule has 0 spiro atoms. The normalized spacial score (nSPS) is 12.5. The van der Waals surface area contributed by atoms with E-state index in [9.17, 15) is 0 Å². The molecule has 1 unspecified atom stereocenters. The lowest BCUT2D eigenvalue weighted by atomic mass is 10.1. The molecule has 0 aliphatic rings. The number of nitrogens with zero attached hydrogens (tertiary/aromatic N) is 2. The van der Waals surface area contributed by atoms with Crippen LogP contribution in [0.5, 0.6) is 0 Å². The van der Waals surface area contributed by atoms with Crippen molar-refractivity contribution in [3.63, 3.8) is 0 Å². The summed E-state index contributed by atoms with van der Waals surface area (Å²) in [5, 5.41) is 12.1. The summed E-state index contributed by atoms with van der Waals surface area (Å²) in [5.41, 5.74) is 5.62. The Labute approximate surface area is 97.2 Å². The zero-order chi connectivity index (χ0) is 11.3. The summed E-state index contributed by atoms with van der Waals surface area (Å²) in [4.78, 5) is 7.93. The van der Waals surface area contributed by atoms with Crippen LogP contribution in [0.3, 0.4) is 0 Å². The van der Waals surface area contributed by atoms with E-state index >= 15 is 0 Å². The van der Waals surface area contributed by atoms with Gasteiger partial charge in [-0.15, -0.1) is 0 Å². The number of nitrogens with two attached hydrogens (primary N) is 1. The third-order valence-electron chi connectivity index (χ3n) is 2.13. The highest BCUT2D eigenvalue weighted by Crippen LogP contribution is 2.25. The average molecular weight is 275 g/mol. The highest BCUT2D eigenvalue weighted by molar-refractivity contribution is 9.10. The van der Waals surface area contributed by atoms with Crippen molar-refractivity contribution in [2.24, 2.45) is 0 Å². The fraction of sp³-hybridized carbons (Fsp3) is 0.556. The van der Waals surface area contributed by atoms with Gasteiger partial charge in [0.25, 0.3) is 0 Å². The summed E-state index contributed by atoms with van der Waals surface area (Å²) < 4.78 is 0.668. The van der Waals surface area contributed by atoms with Crippen LogP contribution in [-0.4, -0.2) is 27.7 Å². The van der Waals surface area contributed by atoms with Crippen molar-refractivity contribution in [2.45, 2.75) is 25.8 Å². The second kappa shape index (κ2) is 5.87. The molecule has 1 aromatic heterocycles. The number of aromatic nitrogens is 2. The highest BCUT2D eigenvalue weighted by atomic mass is 79.9. The molecule has 1 heterocycles. The maximum Gasteiger partial charge on any atom is 0.146 e. The quantitative estimate of drug-likeness (QED) is 0.756. The van der Waals surface area contributed by atoms with E-state index in [4.69, 9.17) is 10.8 Å². The van der Waals surface area contributed by atoms with Gasteiger partial charge in [0.2, 0.25) is 0 Å². The summed E-state index contributed by atoms with van der Waals surface area (Å²) in [6.07, 6.45) is 3.01. The van der Waals surface area contributed by atoms with Gasteiger partial charge in [-0.3, -0.25) is 0 Å². The van der Waals surface area contributed by atoms with Crippen LogP contribution in [-0.2, 0) is 0 Å². The predicted octanol–water partition coefficient (Wildman–Crippen LogP) is 1.39. The molecule has 0 fully saturated rings. The van der Waals surface area contributed by atoms with E-state index in [1.165, 1.54) is 6.33 Å². The van der Waals surface area contributed by atoms with Crippen molar-refractivity contribution in [1.29, 1.82) is 0 Å². The molecule has 0 saturated carbocycles. The minimum Gasteiger partial charge on any atom is -0.396 e. The van der Waals surface area contributed by atoms with Gasteiger partial charge in [0.05, 0.1) is 0 Å². The molecule has 0 aliphatic heterocycles. The summed E-state index contributed by atoms with van der Waals surface area (Å²) in [6.45, 7) is 2.20. The van der Waals surface area contributed by atoms with Crippen LogP contribution in [0.25, 0.3) is 0 Å². The van der Waals surface area contributed by atoms with Crippen LogP contribution < -0.4 is 11.1 Å². The molecule has 4 N–H and O–H groups in total. The minimum absolute atomic E-state index is 0.156. The van der Waals surface area contributed by atoms with Crippen molar-refractivity contribution < 1.29 is 5.11 Å². The van der Waals surface area contributed by atoms with Gasteiger partial charge in [0, 0.05) is 12.6 Å². The second-order valence-corrected chi connectivity index (χ2v) is 3.98. The van der Waals surface area contributed by atoms with Gasteiger partial charge in [-0.25, -0.2) is 9.97 Å². The lowest BCUT2D eigenvalue weighted by Gasteiger charge is -2.17. The Hall–Kier alpha value is -0.880. The molecule has 0 aliphatic carbocycles. The molecule has 0 bridgehead atoms. The first-order valence-corrected chi connectivity index (χ1v) is 5.61. The first-order valence-electron chi connectivity index (χ1n) is 4.82. The molecule has 1 atom stereocenters. The Balaban J connectivity index is 2.74. The number of hydrogen-bond donors (Lipinski definition) is 3. The molecule has 0 radical (unpaired) electrons. The molecular formula is C9H15BrN4O. The number of aliphatic hydroxyl groups is 1. The second-order valence-electron chi connectivity index (χ2n) is 3.18. The van der Waals surface area contributed by atoms with Crippen LogP contribution >= 0.6 is 15.9 Å². The minimum atomic E-state index is 0.156. The Bertz CT molecular complexity index is 321. The largest absolute Gasteiger partial charge is 0.396 e. The summed E-state index contributed by atoms with van der Waals surface area (Å²) in [5.74, 6) is 1.08. The fourth-order valence-corrected chi connectivity index (χ4v) is 1.53. The number of anilines is 2. The van der Waals surface area contributed by atoms with E-state index in [0.717, 1.165) is 6.42 Å². The van der Waals surface area contributed by atoms with Crippen LogP contribution in [0.1, 0.15) is 19.8 Å². The van der Waals surface area contributed by atoms with E-state index in [1.54, 1.807) is 0 Å². The third-order valence-corrected chi connectivity index (χ3v) is 2.91. The maximum atomic E-state index is 8.86. The van der Waals surface area contributed by atoms with Crippen molar-refractivity contribution in [3.05, 3.63) is 10.8 Å². The molecule has 84 valence electrons. The van der Waals surface area contributed by atoms with Crippen LogP contribution in [0.2, 0.25) is 0 Å². The lowest BCUT2D eigenvalue weighted by Crippen LogP contribution is -2.21. The van der Waals surface area contributed by atoms with E-state index in [1.807, 2.05) is 6.92 Å². The van der Waals surface area contributed by atoms with Gasteiger partial charge in [-0.1, -0.05) is 6.92 Å². The molecule has 6 heteroatoms. The van der Waals surface area contributed by atoms with Crippen LogP contribution in [0, 0.1) is 0 Å². The van der Waals surface area contributed by atoms with E-state index < -0.39 is 0 Å². The van der Waals surface area contributed by atoms with Crippen LogP contribution in [0.4, 0.5) is 11.6 Å². The number of rotatable bonds is 5. The summed E-state index contributed by atoms with van der Waals surface area (Å²) >= 11 is 3.31. The van der Waals surface area contributed by atoms with Gasteiger partial charge in [-0.05, 0) is 28.8 Å². The summed E-state index contributed by atoms with van der Waals surface area (Å²) in [7, 11) is 0. The molecule has 0 saturated heterocycles. The molecule has 1 rings (SSSR count). The van der Waals surface area contributed by atoms with Gasteiger partial charge >= 0.3 is 0 Å². The van der Waals surface area contributed by atoms with Crippen molar-refractivity contribution in [3.8, 4) is 0 Å². The first kappa shape index (κ1) is 12.2. The monoisotopic (exact) mass is 274 g/mol. The molecule has 1 aromatic rings. The Morgan fingerprint density at radius 3 is 2.93 bits per heavy atom. The summed E-state index contributed by atoms with van der Waals surface area (Å²) in [6, 6.07) is 0.195. The van der Waals surface area contributed by atoms with Crippen molar-refractivity contribution in [2.75, 3.05) is 17.7 Å². The standard InChI is InChI=1S/C9H15BrN4O/c1-2-6(3-4-15)14-9-7(10)8(11)12-5-13-9/h5-6,15H,2-4H2,1H3,(H3,11,12,13,14). The van der Waals surface area contributed by atoms with E-state index in [0.29, 0.717) is 22.5 Å². The fourth-order valence-electron chi connectivity index (χ4n) is 1.21. The Morgan fingerprint density at radius 2 is 2.33 bits per heavy atom. The third kappa shape index (κ3) is 3.32.